The van der Waals surface area contributed by atoms with Gasteiger partial charge in [-0.1, -0.05) is 24.3 Å². The molecule has 152 valence electrons. The van der Waals surface area contributed by atoms with Crippen LogP contribution < -0.4 is 9.46 Å². The smallest absolute Gasteiger partial charge is 0.261 e. The number of carbonyl (C=O) groups is 1. The average Bonchev–Trinajstić information content (AvgIpc) is 3.17. The number of sulfonamides is 1. The Balaban J connectivity index is 1.62. The Morgan fingerprint density at radius 3 is 2.53 bits per heavy atom. The molecule has 0 aliphatic carbocycles. The van der Waals surface area contributed by atoms with Gasteiger partial charge < -0.3 is 4.74 Å². The number of Topliss-reactive ketones (excluding diaryl/α,β-unsaturated/α-hetero) is 1. The molecule has 0 spiro atoms. The number of fused-ring (bicyclic) bond motifs is 1. The summed E-state index contributed by atoms with van der Waals surface area (Å²) < 4.78 is 34.7. The van der Waals surface area contributed by atoms with Gasteiger partial charge in [0.25, 0.3) is 10.0 Å². The zero-order chi connectivity index (χ0) is 21.3. The van der Waals surface area contributed by atoms with Gasteiger partial charge >= 0.3 is 0 Å². The second-order valence-electron chi connectivity index (χ2n) is 6.57. The second-order valence-corrected chi connectivity index (χ2v) is 8.25. The highest BCUT2D eigenvalue weighted by atomic mass is 32.2. The van der Waals surface area contributed by atoms with Crippen molar-refractivity contribution in [2.24, 2.45) is 0 Å². The van der Waals surface area contributed by atoms with Crippen molar-refractivity contribution in [2.45, 2.75) is 11.8 Å². The van der Waals surface area contributed by atoms with Crippen molar-refractivity contribution < 1.29 is 17.9 Å². The summed E-state index contributed by atoms with van der Waals surface area (Å²) in [6.45, 7) is 1.43. The second kappa shape index (κ2) is 7.60. The molecule has 8 nitrogen and oxygen atoms in total. The van der Waals surface area contributed by atoms with Crippen molar-refractivity contribution in [3.63, 3.8) is 0 Å². The van der Waals surface area contributed by atoms with E-state index in [4.69, 9.17) is 4.74 Å². The third-order valence-corrected chi connectivity index (χ3v) is 5.88. The van der Waals surface area contributed by atoms with Crippen LogP contribution in [-0.4, -0.2) is 35.9 Å². The average molecular weight is 422 g/mol. The van der Waals surface area contributed by atoms with Gasteiger partial charge in [0.1, 0.15) is 0 Å². The van der Waals surface area contributed by atoms with Crippen LogP contribution in [0.4, 0.5) is 5.69 Å². The van der Waals surface area contributed by atoms with Crippen molar-refractivity contribution in [3.05, 3.63) is 72.4 Å². The third-order valence-electron chi connectivity index (χ3n) is 4.49. The standard InChI is InChI=1S/C21H18N4O4S/c1-14(26)15-6-8-18(9-7-15)30(27,28)24-17-5-3-4-16(12-17)19-13-25-20(22-19)10-11-21(23-25)29-2/h3-13,24H,1-2H3. The van der Waals surface area contributed by atoms with E-state index in [1.807, 2.05) is 6.07 Å². The number of imidazole rings is 1. The molecule has 1 N–H and O–H groups in total. The van der Waals surface area contributed by atoms with E-state index in [1.165, 1.54) is 38.3 Å². The van der Waals surface area contributed by atoms with E-state index >= 15 is 0 Å². The Labute approximate surface area is 173 Å². The van der Waals surface area contributed by atoms with Crippen LogP contribution in [0.2, 0.25) is 0 Å². The lowest BCUT2D eigenvalue weighted by molar-refractivity contribution is 0.101. The van der Waals surface area contributed by atoms with E-state index in [2.05, 4.69) is 14.8 Å². The molecule has 0 aliphatic heterocycles. The first-order valence-corrected chi connectivity index (χ1v) is 10.5. The fraction of sp³-hybridized carbons (Fsp3) is 0.0952. The Hall–Kier alpha value is -3.72. The number of carbonyl (C=O) groups excluding carboxylic acids is 1. The molecule has 30 heavy (non-hydrogen) atoms. The summed E-state index contributed by atoms with van der Waals surface area (Å²) in [6, 6.07) is 16.2. The number of rotatable bonds is 6. The summed E-state index contributed by atoms with van der Waals surface area (Å²) in [5, 5.41) is 4.28. The molecule has 0 bridgehead atoms. The fourth-order valence-corrected chi connectivity index (χ4v) is 3.99. The van der Waals surface area contributed by atoms with Gasteiger partial charge in [0.05, 0.1) is 23.9 Å². The van der Waals surface area contributed by atoms with Gasteiger partial charge in [-0.2, -0.15) is 0 Å². The molecule has 0 radical (unpaired) electrons. The lowest BCUT2D eigenvalue weighted by atomic mass is 10.1. The number of nitrogens with zero attached hydrogens (tertiary/aromatic N) is 3. The quantitative estimate of drug-likeness (QED) is 0.478. The van der Waals surface area contributed by atoms with Crippen LogP contribution in [-0.2, 0) is 10.0 Å². The highest BCUT2D eigenvalue weighted by Crippen LogP contribution is 2.24. The minimum absolute atomic E-state index is 0.0712. The Kier molecular flexibility index (Phi) is 4.96. The van der Waals surface area contributed by atoms with Gasteiger partial charge in [0.2, 0.25) is 5.88 Å². The number of aromatic nitrogens is 3. The number of anilines is 1. The molecule has 0 saturated carbocycles. The zero-order valence-electron chi connectivity index (χ0n) is 16.2. The molecule has 0 amide bonds. The summed E-state index contributed by atoms with van der Waals surface area (Å²) >= 11 is 0. The van der Waals surface area contributed by atoms with Gasteiger partial charge in [0.15, 0.2) is 11.4 Å². The van der Waals surface area contributed by atoms with Gasteiger partial charge in [-0.15, -0.1) is 5.10 Å². The molecule has 2 heterocycles. The minimum atomic E-state index is -3.80. The SMILES string of the molecule is COc1ccc2nc(-c3cccc(NS(=O)(=O)c4ccc(C(C)=O)cc4)c3)cn2n1. The summed E-state index contributed by atoms with van der Waals surface area (Å²) in [7, 11) is -2.27. The van der Waals surface area contributed by atoms with Gasteiger partial charge in [-0.05, 0) is 37.3 Å². The van der Waals surface area contributed by atoms with Crippen LogP contribution in [0.3, 0.4) is 0 Å². The number of benzene rings is 2. The summed E-state index contributed by atoms with van der Waals surface area (Å²) in [5.41, 5.74) is 2.86. The topological polar surface area (TPSA) is 103 Å². The first kappa shape index (κ1) is 19.6. The van der Waals surface area contributed by atoms with E-state index in [0.29, 0.717) is 28.5 Å². The molecular formula is C21H18N4O4S. The fourth-order valence-electron chi connectivity index (χ4n) is 2.94. The van der Waals surface area contributed by atoms with Crippen LogP contribution in [0.15, 0.2) is 71.8 Å². The molecule has 4 aromatic rings. The Morgan fingerprint density at radius 1 is 1.07 bits per heavy atom. The predicted octanol–water partition coefficient (Wildman–Crippen LogP) is 3.41. The van der Waals surface area contributed by atoms with Crippen molar-refractivity contribution in [2.75, 3.05) is 11.8 Å². The number of ketones is 1. The number of hydrogen-bond acceptors (Lipinski definition) is 6. The number of ether oxygens (including phenoxy) is 1. The monoisotopic (exact) mass is 422 g/mol. The molecule has 0 fully saturated rings. The Morgan fingerprint density at radius 2 is 1.83 bits per heavy atom. The summed E-state index contributed by atoms with van der Waals surface area (Å²) in [4.78, 5) is 16.0. The summed E-state index contributed by atoms with van der Waals surface area (Å²) in [6.07, 6.45) is 1.74. The Bertz CT molecular complexity index is 1350. The van der Waals surface area contributed by atoms with Crippen LogP contribution in [0.5, 0.6) is 5.88 Å². The molecule has 0 unspecified atom stereocenters. The first-order valence-electron chi connectivity index (χ1n) is 9.00. The normalized spacial score (nSPS) is 11.4. The first-order chi connectivity index (χ1) is 14.4. The van der Waals surface area contributed by atoms with E-state index in [-0.39, 0.29) is 10.7 Å². The van der Waals surface area contributed by atoms with E-state index in [9.17, 15) is 13.2 Å². The van der Waals surface area contributed by atoms with Gasteiger partial charge in [0, 0.05) is 22.9 Å². The largest absolute Gasteiger partial charge is 0.480 e. The molecule has 2 aromatic heterocycles. The highest BCUT2D eigenvalue weighted by molar-refractivity contribution is 7.92. The number of hydrogen-bond donors (Lipinski definition) is 1. The van der Waals surface area contributed by atoms with Crippen molar-refractivity contribution in [1.82, 2.24) is 14.6 Å². The van der Waals surface area contributed by atoms with Crippen LogP contribution in [0, 0.1) is 0 Å². The summed E-state index contributed by atoms with van der Waals surface area (Å²) in [5.74, 6) is 0.336. The van der Waals surface area contributed by atoms with Crippen LogP contribution >= 0.6 is 0 Å². The molecule has 0 saturated heterocycles. The lowest BCUT2D eigenvalue weighted by Crippen LogP contribution is -2.13. The molecular weight excluding hydrogens is 404 g/mol. The molecule has 2 aromatic carbocycles. The number of methoxy groups -OCH3 is 1. The van der Waals surface area contributed by atoms with Gasteiger partial charge in [-0.3, -0.25) is 9.52 Å². The zero-order valence-corrected chi connectivity index (χ0v) is 17.1. The molecule has 0 aliphatic rings. The van der Waals surface area contributed by atoms with Crippen molar-refractivity contribution >= 4 is 27.1 Å². The highest BCUT2D eigenvalue weighted by Gasteiger charge is 2.15. The maximum atomic E-state index is 12.7. The van der Waals surface area contributed by atoms with Crippen LogP contribution in [0.1, 0.15) is 17.3 Å². The minimum Gasteiger partial charge on any atom is -0.480 e. The van der Waals surface area contributed by atoms with Crippen molar-refractivity contribution in [3.8, 4) is 17.1 Å². The lowest BCUT2D eigenvalue weighted by Gasteiger charge is -2.09. The predicted molar refractivity (Wildman–Crippen MR) is 112 cm³/mol. The molecule has 0 atom stereocenters. The van der Waals surface area contributed by atoms with Crippen LogP contribution in [0.25, 0.3) is 16.9 Å². The van der Waals surface area contributed by atoms with Crippen molar-refractivity contribution in [1.29, 1.82) is 0 Å². The third kappa shape index (κ3) is 3.87. The maximum absolute atomic E-state index is 12.7. The van der Waals surface area contributed by atoms with E-state index < -0.39 is 10.0 Å². The number of nitrogens with one attached hydrogen (secondary N) is 1. The molecule has 9 heteroatoms. The van der Waals surface area contributed by atoms with E-state index in [0.717, 1.165) is 5.56 Å². The van der Waals surface area contributed by atoms with E-state index in [1.54, 1.807) is 41.0 Å². The maximum Gasteiger partial charge on any atom is 0.261 e. The molecule has 4 rings (SSSR count). The van der Waals surface area contributed by atoms with Gasteiger partial charge in [-0.25, -0.2) is 17.9 Å².